The predicted molar refractivity (Wildman–Crippen MR) is 92.0 cm³/mol. The molecule has 0 heterocycles. The minimum Gasteiger partial charge on any atom is -0.508 e. The van der Waals surface area contributed by atoms with Gasteiger partial charge < -0.3 is 10.8 Å². The first-order valence-corrected chi connectivity index (χ1v) is 7.50. The van der Waals surface area contributed by atoms with E-state index in [-0.39, 0.29) is 12.2 Å². The van der Waals surface area contributed by atoms with Crippen LogP contribution in [0.1, 0.15) is 15.9 Å². The molecule has 2 amide bonds. The number of nitro groups is 2. The number of non-ortho nitro benzene ring substituents is 2. The monoisotopic (exact) mass is 374 g/mol. The van der Waals surface area contributed by atoms with Crippen molar-refractivity contribution in [2.24, 2.45) is 5.73 Å². The Kier molecular flexibility index (Phi) is 5.78. The molecular weight excluding hydrogens is 360 g/mol. The summed E-state index contributed by atoms with van der Waals surface area (Å²) in [6, 6.07) is 7.15. The summed E-state index contributed by atoms with van der Waals surface area (Å²) in [5.74, 6) is -1.87. The Morgan fingerprint density at radius 2 is 1.56 bits per heavy atom. The maximum atomic E-state index is 12.1. The second-order valence-corrected chi connectivity index (χ2v) is 5.55. The third kappa shape index (κ3) is 5.06. The van der Waals surface area contributed by atoms with E-state index in [0.29, 0.717) is 11.6 Å². The van der Waals surface area contributed by atoms with Gasteiger partial charge in [-0.2, -0.15) is 0 Å². The molecule has 0 spiro atoms. The van der Waals surface area contributed by atoms with Crippen LogP contribution in [0.3, 0.4) is 0 Å². The van der Waals surface area contributed by atoms with Gasteiger partial charge in [0.15, 0.2) is 0 Å². The fourth-order valence-electron chi connectivity index (χ4n) is 2.19. The number of carbonyl (C=O) groups is 2. The van der Waals surface area contributed by atoms with Gasteiger partial charge in [0, 0.05) is 12.1 Å². The summed E-state index contributed by atoms with van der Waals surface area (Å²) in [6.45, 7) is 0. The van der Waals surface area contributed by atoms with Gasteiger partial charge in [-0.3, -0.25) is 35.1 Å². The second-order valence-electron chi connectivity index (χ2n) is 5.55. The molecule has 0 saturated carbocycles. The molecule has 2 aromatic rings. The van der Waals surface area contributed by atoms with E-state index in [4.69, 9.17) is 5.73 Å². The van der Waals surface area contributed by atoms with Gasteiger partial charge in [0.25, 0.3) is 17.3 Å². The third-order valence-electron chi connectivity index (χ3n) is 3.55. The lowest BCUT2D eigenvalue weighted by Gasteiger charge is -2.11. The number of rotatable bonds is 6. The highest BCUT2D eigenvalue weighted by Crippen LogP contribution is 2.22. The van der Waals surface area contributed by atoms with E-state index in [2.05, 4.69) is 0 Å². The molecule has 0 aromatic heterocycles. The number of nitrogens with two attached hydrogens (primary N) is 1. The first-order chi connectivity index (χ1) is 12.7. The van der Waals surface area contributed by atoms with Crippen molar-refractivity contribution in [3.05, 3.63) is 73.8 Å². The van der Waals surface area contributed by atoms with Gasteiger partial charge in [-0.1, -0.05) is 12.1 Å². The Balaban J connectivity index is 2.13. The zero-order valence-corrected chi connectivity index (χ0v) is 13.7. The highest BCUT2D eigenvalue weighted by atomic mass is 16.6. The minimum atomic E-state index is -1.12. The lowest BCUT2D eigenvalue weighted by molar-refractivity contribution is -0.394. The van der Waals surface area contributed by atoms with Crippen molar-refractivity contribution in [2.75, 3.05) is 0 Å². The molecule has 2 rings (SSSR count). The van der Waals surface area contributed by atoms with Crippen LogP contribution in [0, 0.1) is 20.2 Å². The van der Waals surface area contributed by atoms with Gasteiger partial charge in [0.05, 0.1) is 27.5 Å². The number of nitrogens with zero attached hydrogens (tertiary/aromatic N) is 2. The number of phenols is 1. The number of carbonyl (C=O) groups excluding carboxylic acids is 2. The van der Waals surface area contributed by atoms with E-state index in [0.717, 1.165) is 12.1 Å². The van der Waals surface area contributed by atoms with Crippen LogP contribution in [0.4, 0.5) is 11.4 Å². The molecule has 0 fully saturated rings. The number of imide groups is 1. The molecule has 0 unspecified atom stereocenters. The molecule has 0 aliphatic heterocycles. The number of benzene rings is 2. The van der Waals surface area contributed by atoms with Gasteiger partial charge in [-0.15, -0.1) is 0 Å². The van der Waals surface area contributed by atoms with Crippen LogP contribution < -0.4 is 11.1 Å². The molecule has 0 radical (unpaired) electrons. The summed E-state index contributed by atoms with van der Waals surface area (Å²) in [4.78, 5) is 44.1. The van der Waals surface area contributed by atoms with Crippen LogP contribution in [0.25, 0.3) is 0 Å². The highest BCUT2D eigenvalue weighted by Gasteiger charge is 2.23. The molecule has 0 saturated heterocycles. The number of phenolic OH excluding ortho intramolecular Hbond substituents is 1. The molecular formula is C16H14N4O7. The summed E-state index contributed by atoms with van der Waals surface area (Å²) in [6.07, 6.45) is 0.0640. The fraction of sp³-hybridized carbons (Fsp3) is 0.125. The summed E-state index contributed by atoms with van der Waals surface area (Å²) >= 11 is 0. The molecule has 140 valence electrons. The summed E-state index contributed by atoms with van der Waals surface area (Å²) in [7, 11) is 0. The molecule has 0 aliphatic carbocycles. The minimum absolute atomic E-state index is 0.0409. The second kappa shape index (κ2) is 8.01. The molecule has 27 heavy (non-hydrogen) atoms. The van der Waals surface area contributed by atoms with Crippen molar-refractivity contribution in [1.82, 2.24) is 5.32 Å². The van der Waals surface area contributed by atoms with E-state index in [1.165, 1.54) is 12.1 Å². The lowest BCUT2D eigenvalue weighted by atomic mass is 10.1. The number of amides is 2. The number of nitro benzene ring substituents is 2. The zero-order valence-electron chi connectivity index (χ0n) is 13.7. The quantitative estimate of drug-likeness (QED) is 0.495. The standard InChI is InChI=1S/C16H14N4O7/c17-14(5-9-1-3-13(21)4-2-9)16(23)18-15(22)10-6-11(19(24)25)8-12(7-10)20(26)27/h1-4,6-8,14,21H,5,17H2,(H,18,22,23)/t14-/m0/s1. The molecule has 4 N–H and O–H groups in total. The SMILES string of the molecule is N[C@@H](Cc1ccc(O)cc1)C(=O)NC(=O)c1cc([N+](=O)[O-])cc([N+](=O)[O-])c1. The smallest absolute Gasteiger partial charge is 0.277 e. The highest BCUT2D eigenvalue weighted by molar-refractivity contribution is 6.06. The van der Waals surface area contributed by atoms with Crippen molar-refractivity contribution < 1.29 is 24.5 Å². The van der Waals surface area contributed by atoms with Gasteiger partial charge >= 0.3 is 0 Å². The fourth-order valence-corrected chi connectivity index (χ4v) is 2.19. The molecule has 2 aromatic carbocycles. The van der Waals surface area contributed by atoms with Crippen LogP contribution >= 0.6 is 0 Å². The number of hydrogen-bond acceptors (Lipinski definition) is 8. The van der Waals surface area contributed by atoms with Gasteiger partial charge in [-0.05, 0) is 24.1 Å². The van der Waals surface area contributed by atoms with E-state index >= 15 is 0 Å². The van der Waals surface area contributed by atoms with Crippen molar-refractivity contribution >= 4 is 23.2 Å². The number of aromatic hydroxyl groups is 1. The Labute approximate surface area is 151 Å². The Morgan fingerprint density at radius 1 is 1.04 bits per heavy atom. The van der Waals surface area contributed by atoms with Gasteiger partial charge in [0.1, 0.15) is 5.75 Å². The molecule has 0 aliphatic rings. The van der Waals surface area contributed by atoms with E-state index in [1.54, 1.807) is 12.1 Å². The van der Waals surface area contributed by atoms with Crippen LogP contribution in [0.5, 0.6) is 5.75 Å². The molecule has 0 bridgehead atoms. The largest absolute Gasteiger partial charge is 0.508 e. The van der Waals surface area contributed by atoms with Crippen molar-refractivity contribution in [3.8, 4) is 5.75 Å². The summed E-state index contributed by atoms with van der Waals surface area (Å²) < 4.78 is 0. The van der Waals surface area contributed by atoms with Crippen LogP contribution in [0.2, 0.25) is 0 Å². The molecule has 11 heteroatoms. The summed E-state index contributed by atoms with van der Waals surface area (Å²) in [5, 5.41) is 32.9. The van der Waals surface area contributed by atoms with Crippen LogP contribution in [0.15, 0.2) is 42.5 Å². The summed E-state index contributed by atoms with van der Waals surface area (Å²) in [5.41, 5.74) is 4.63. The first-order valence-electron chi connectivity index (χ1n) is 7.50. The maximum absolute atomic E-state index is 12.1. The van der Waals surface area contributed by atoms with Crippen molar-refractivity contribution in [1.29, 1.82) is 0 Å². The van der Waals surface area contributed by atoms with Gasteiger partial charge in [0.2, 0.25) is 5.91 Å². The number of nitrogens with one attached hydrogen (secondary N) is 1. The Morgan fingerprint density at radius 3 is 2.04 bits per heavy atom. The van der Waals surface area contributed by atoms with Crippen LogP contribution in [-0.4, -0.2) is 32.8 Å². The van der Waals surface area contributed by atoms with E-state index < -0.39 is 44.6 Å². The average molecular weight is 374 g/mol. The Bertz CT molecular complexity index is 879. The molecule has 1 atom stereocenters. The zero-order chi connectivity index (χ0) is 20.1. The topological polar surface area (TPSA) is 179 Å². The first kappa shape index (κ1) is 19.5. The van der Waals surface area contributed by atoms with Crippen molar-refractivity contribution in [2.45, 2.75) is 12.5 Å². The van der Waals surface area contributed by atoms with Crippen LogP contribution in [-0.2, 0) is 11.2 Å². The Hall–Kier alpha value is -3.86. The van der Waals surface area contributed by atoms with E-state index in [1.807, 2.05) is 5.32 Å². The van der Waals surface area contributed by atoms with Crippen molar-refractivity contribution in [3.63, 3.8) is 0 Å². The normalized spacial score (nSPS) is 11.4. The predicted octanol–water partition coefficient (Wildman–Crippen LogP) is 1.03. The van der Waals surface area contributed by atoms with E-state index in [9.17, 15) is 34.9 Å². The average Bonchev–Trinajstić information content (AvgIpc) is 2.62. The molecule has 11 nitrogen and oxygen atoms in total. The number of hydrogen-bond donors (Lipinski definition) is 3. The lowest BCUT2D eigenvalue weighted by Crippen LogP contribution is -2.44. The maximum Gasteiger partial charge on any atom is 0.277 e. The van der Waals surface area contributed by atoms with Gasteiger partial charge in [-0.25, -0.2) is 0 Å². The third-order valence-corrected chi connectivity index (χ3v) is 3.55.